The summed E-state index contributed by atoms with van der Waals surface area (Å²) in [4.78, 5) is 0. The van der Waals surface area contributed by atoms with E-state index in [2.05, 4.69) is 24.4 Å². The fourth-order valence-corrected chi connectivity index (χ4v) is 1.79. The Kier molecular flexibility index (Phi) is 6.59. The van der Waals surface area contributed by atoms with Crippen LogP contribution in [0, 0.1) is 5.92 Å². The average molecular weight is 294 g/mol. The standard InChI is InChI=1S/C16H24ClN3/c1-5-11(2)10-16(18)12(3)13(4)19-20-15-8-6-14(17)7-9-15/h6-9,11,20H,5,10,18H2,1-4H3. The van der Waals surface area contributed by atoms with Crippen molar-refractivity contribution >= 4 is 23.0 Å². The van der Waals surface area contributed by atoms with Gasteiger partial charge in [0.15, 0.2) is 0 Å². The summed E-state index contributed by atoms with van der Waals surface area (Å²) >= 11 is 5.84. The number of halogens is 1. The molecule has 0 bridgehead atoms. The lowest BCUT2D eigenvalue weighted by Crippen LogP contribution is -2.11. The summed E-state index contributed by atoms with van der Waals surface area (Å²) in [6.07, 6.45) is 2.04. The number of nitrogens with two attached hydrogens (primary N) is 1. The van der Waals surface area contributed by atoms with Crippen LogP contribution >= 0.6 is 11.6 Å². The van der Waals surface area contributed by atoms with Gasteiger partial charge < -0.3 is 5.73 Å². The molecule has 1 rings (SSSR count). The van der Waals surface area contributed by atoms with E-state index in [1.54, 1.807) is 0 Å². The first kappa shape index (κ1) is 16.6. The second-order valence-corrected chi connectivity index (χ2v) is 5.62. The van der Waals surface area contributed by atoms with Crippen molar-refractivity contribution in [1.29, 1.82) is 0 Å². The Morgan fingerprint density at radius 2 is 1.90 bits per heavy atom. The molecule has 0 aromatic heterocycles. The van der Waals surface area contributed by atoms with Gasteiger partial charge in [-0.2, -0.15) is 5.10 Å². The Labute approximate surface area is 126 Å². The van der Waals surface area contributed by atoms with Crippen LogP contribution in [-0.4, -0.2) is 5.71 Å². The molecule has 0 spiro atoms. The van der Waals surface area contributed by atoms with Crippen molar-refractivity contribution in [3.05, 3.63) is 40.6 Å². The van der Waals surface area contributed by atoms with E-state index in [0.29, 0.717) is 10.9 Å². The number of nitrogens with one attached hydrogen (secondary N) is 1. The van der Waals surface area contributed by atoms with E-state index in [9.17, 15) is 0 Å². The molecule has 1 aromatic rings. The molecular weight excluding hydrogens is 270 g/mol. The maximum Gasteiger partial charge on any atom is 0.0622 e. The highest BCUT2D eigenvalue weighted by molar-refractivity contribution is 6.30. The third-order valence-electron chi connectivity index (χ3n) is 3.49. The van der Waals surface area contributed by atoms with Gasteiger partial charge in [0.1, 0.15) is 0 Å². The lowest BCUT2D eigenvalue weighted by atomic mass is 9.99. The quantitative estimate of drug-likeness (QED) is 0.585. The number of nitrogens with zero attached hydrogens (tertiary/aromatic N) is 1. The number of allylic oxidation sites excluding steroid dienone is 2. The summed E-state index contributed by atoms with van der Waals surface area (Å²) in [5.41, 5.74) is 12.9. The minimum atomic E-state index is 0.599. The monoisotopic (exact) mass is 293 g/mol. The van der Waals surface area contributed by atoms with Gasteiger partial charge in [0.05, 0.1) is 11.4 Å². The molecule has 1 unspecified atom stereocenters. The molecule has 3 N–H and O–H groups in total. The van der Waals surface area contributed by atoms with Gasteiger partial charge in [-0.05, 0) is 56.0 Å². The van der Waals surface area contributed by atoms with Gasteiger partial charge in [0, 0.05) is 10.7 Å². The molecule has 4 heteroatoms. The van der Waals surface area contributed by atoms with E-state index in [-0.39, 0.29) is 0 Å². The van der Waals surface area contributed by atoms with Crippen LogP contribution in [0.25, 0.3) is 0 Å². The van der Waals surface area contributed by atoms with Crippen LogP contribution < -0.4 is 11.2 Å². The van der Waals surface area contributed by atoms with E-state index in [1.165, 1.54) is 0 Å². The van der Waals surface area contributed by atoms with Crippen molar-refractivity contribution in [2.45, 2.75) is 40.5 Å². The number of hydrogen-bond acceptors (Lipinski definition) is 3. The average Bonchev–Trinajstić information content (AvgIpc) is 2.45. The Bertz CT molecular complexity index is 489. The van der Waals surface area contributed by atoms with Gasteiger partial charge in [-0.1, -0.05) is 31.9 Å². The number of benzene rings is 1. The fraction of sp³-hybridized carbons (Fsp3) is 0.438. The molecule has 3 nitrogen and oxygen atoms in total. The topological polar surface area (TPSA) is 50.4 Å². The van der Waals surface area contributed by atoms with Crippen LogP contribution in [0.5, 0.6) is 0 Å². The molecule has 0 heterocycles. The third kappa shape index (κ3) is 5.25. The van der Waals surface area contributed by atoms with E-state index in [1.807, 2.05) is 38.1 Å². The summed E-state index contributed by atoms with van der Waals surface area (Å²) in [5, 5.41) is 5.08. The van der Waals surface area contributed by atoms with Crippen LogP contribution in [0.15, 0.2) is 40.6 Å². The number of hydrazone groups is 1. The van der Waals surface area contributed by atoms with Crippen LogP contribution in [0.3, 0.4) is 0 Å². The molecule has 0 fully saturated rings. The smallest absolute Gasteiger partial charge is 0.0622 e. The molecule has 0 radical (unpaired) electrons. The second kappa shape index (κ2) is 7.95. The van der Waals surface area contributed by atoms with Crippen molar-refractivity contribution < 1.29 is 0 Å². The van der Waals surface area contributed by atoms with Crippen LogP contribution in [0.4, 0.5) is 5.69 Å². The van der Waals surface area contributed by atoms with Crippen LogP contribution in [0.1, 0.15) is 40.5 Å². The molecule has 0 amide bonds. The largest absolute Gasteiger partial charge is 0.402 e. The molecule has 1 atom stereocenters. The molecule has 0 saturated carbocycles. The lowest BCUT2D eigenvalue weighted by molar-refractivity contribution is 0.553. The van der Waals surface area contributed by atoms with Crippen molar-refractivity contribution in [3.8, 4) is 0 Å². The van der Waals surface area contributed by atoms with Crippen molar-refractivity contribution in [2.75, 3.05) is 5.43 Å². The zero-order chi connectivity index (χ0) is 15.1. The Hall–Kier alpha value is -1.48. The summed E-state index contributed by atoms with van der Waals surface area (Å²) in [6.45, 7) is 8.36. The summed E-state index contributed by atoms with van der Waals surface area (Å²) < 4.78 is 0. The highest BCUT2D eigenvalue weighted by Gasteiger charge is 2.06. The summed E-state index contributed by atoms with van der Waals surface area (Å²) in [6, 6.07) is 7.44. The van der Waals surface area contributed by atoms with E-state index >= 15 is 0 Å². The first-order chi connectivity index (χ1) is 9.43. The Morgan fingerprint density at radius 1 is 1.30 bits per heavy atom. The van der Waals surface area contributed by atoms with Crippen molar-refractivity contribution in [1.82, 2.24) is 0 Å². The molecule has 20 heavy (non-hydrogen) atoms. The highest BCUT2D eigenvalue weighted by Crippen LogP contribution is 2.16. The molecule has 1 aromatic carbocycles. The van der Waals surface area contributed by atoms with Crippen LogP contribution in [0.2, 0.25) is 5.02 Å². The third-order valence-corrected chi connectivity index (χ3v) is 3.74. The molecular formula is C16H24ClN3. The van der Waals surface area contributed by atoms with Crippen molar-refractivity contribution in [3.63, 3.8) is 0 Å². The maximum atomic E-state index is 6.14. The number of hydrogen-bond donors (Lipinski definition) is 2. The second-order valence-electron chi connectivity index (χ2n) is 5.18. The van der Waals surface area contributed by atoms with Gasteiger partial charge in [0.25, 0.3) is 0 Å². The van der Waals surface area contributed by atoms with E-state index in [0.717, 1.165) is 35.5 Å². The van der Waals surface area contributed by atoms with Gasteiger partial charge in [-0.25, -0.2) is 0 Å². The van der Waals surface area contributed by atoms with E-state index in [4.69, 9.17) is 17.3 Å². The fourth-order valence-electron chi connectivity index (χ4n) is 1.66. The molecule has 0 aliphatic carbocycles. The van der Waals surface area contributed by atoms with Crippen molar-refractivity contribution in [2.24, 2.45) is 16.8 Å². The summed E-state index contributed by atoms with van der Waals surface area (Å²) in [5.74, 6) is 0.599. The van der Waals surface area contributed by atoms with E-state index < -0.39 is 0 Å². The molecule has 0 saturated heterocycles. The maximum absolute atomic E-state index is 6.14. The normalized spacial score (nSPS) is 14.8. The zero-order valence-corrected chi connectivity index (χ0v) is 13.5. The Balaban J connectivity index is 2.72. The molecule has 110 valence electrons. The predicted molar refractivity (Wildman–Crippen MR) is 89.1 cm³/mol. The molecule has 0 aliphatic heterocycles. The minimum Gasteiger partial charge on any atom is -0.402 e. The zero-order valence-electron chi connectivity index (χ0n) is 12.7. The van der Waals surface area contributed by atoms with Gasteiger partial charge in [-0.3, -0.25) is 5.43 Å². The Morgan fingerprint density at radius 3 is 2.45 bits per heavy atom. The summed E-state index contributed by atoms with van der Waals surface area (Å²) in [7, 11) is 0. The first-order valence-corrected chi connectivity index (χ1v) is 7.33. The van der Waals surface area contributed by atoms with Crippen LogP contribution in [-0.2, 0) is 0 Å². The molecule has 0 aliphatic rings. The van der Waals surface area contributed by atoms with Gasteiger partial charge in [-0.15, -0.1) is 0 Å². The predicted octanol–water partition coefficient (Wildman–Crippen LogP) is 4.80. The number of anilines is 1. The highest BCUT2D eigenvalue weighted by atomic mass is 35.5. The van der Waals surface area contributed by atoms with Gasteiger partial charge in [0.2, 0.25) is 0 Å². The minimum absolute atomic E-state index is 0.599. The SMILES string of the molecule is CCC(C)CC(N)=C(C)C(C)=NNc1ccc(Cl)cc1. The van der Waals surface area contributed by atoms with Gasteiger partial charge >= 0.3 is 0 Å². The lowest BCUT2D eigenvalue weighted by Gasteiger charge is -2.12. The number of rotatable bonds is 6. The first-order valence-electron chi connectivity index (χ1n) is 6.95.